The second kappa shape index (κ2) is 5.71. The predicted molar refractivity (Wildman–Crippen MR) is 69.4 cm³/mol. The first kappa shape index (κ1) is 12.0. The van der Waals surface area contributed by atoms with Crippen molar-refractivity contribution in [1.82, 2.24) is 0 Å². The fourth-order valence-corrected chi connectivity index (χ4v) is 1.39. The van der Waals surface area contributed by atoms with Crippen molar-refractivity contribution in [2.45, 2.75) is 13.8 Å². The first-order valence-corrected chi connectivity index (χ1v) is 5.65. The van der Waals surface area contributed by atoms with Gasteiger partial charge >= 0.3 is 0 Å². The van der Waals surface area contributed by atoms with Gasteiger partial charge in [0.05, 0.1) is 5.69 Å². The standard InChI is InChI=1S/C12H15BrN2/c1-9(2)12(7-8-14)15-11-5-3-10(13)4-6-11/h3-9H,14H2,1-2H3/b8-7-,15-12?. The van der Waals surface area contributed by atoms with E-state index < -0.39 is 0 Å². The molecule has 0 amide bonds. The molecule has 3 heteroatoms. The van der Waals surface area contributed by atoms with Crippen LogP contribution in [0.3, 0.4) is 0 Å². The molecule has 0 aliphatic carbocycles. The van der Waals surface area contributed by atoms with Gasteiger partial charge in [-0.15, -0.1) is 0 Å². The summed E-state index contributed by atoms with van der Waals surface area (Å²) in [6.45, 7) is 4.19. The molecular formula is C12H15BrN2. The van der Waals surface area contributed by atoms with Crippen LogP contribution in [0.2, 0.25) is 0 Å². The molecule has 0 bridgehead atoms. The van der Waals surface area contributed by atoms with E-state index in [2.05, 4.69) is 34.8 Å². The van der Waals surface area contributed by atoms with Gasteiger partial charge in [-0.25, -0.2) is 0 Å². The van der Waals surface area contributed by atoms with Crippen LogP contribution in [0.4, 0.5) is 5.69 Å². The van der Waals surface area contributed by atoms with E-state index >= 15 is 0 Å². The van der Waals surface area contributed by atoms with Gasteiger partial charge in [0.1, 0.15) is 0 Å². The Bertz CT molecular complexity index is 364. The Morgan fingerprint density at radius 2 is 1.93 bits per heavy atom. The molecule has 0 aromatic heterocycles. The minimum absolute atomic E-state index is 0.369. The molecule has 0 heterocycles. The Balaban J connectivity index is 2.97. The van der Waals surface area contributed by atoms with Crippen molar-refractivity contribution in [3.05, 3.63) is 41.0 Å². The van der Waals surface area contributed by atoms with E-state index in [9.17, 15) is 0 Å². The Morgan fingerprint density at radius 1 is 1.33 bits per heavy atom. The molecule has 0 fully saturated rings. The van der Waals surface area contributed by atoms with Gasteiger partial charge in [-0.05, 0) is 42.5 Å². The molecule has 2 N–H and O–H groups in total. The van der Waals surface area contributed by atoms with Crippen LogP contribution in [-0.2, 0) is 0 Å². The van der Waals surface area contributed by atoms with Gasteiger partial charge < -0.3 is 5.73 Å². The molecule has 1 rings (SSSR count). The summed E-state index contributed by atoms with van der Waals surface area (Å²) in [5.74, 6) is 0.369. The first-order chi connectivity index (χ1) is 7.13. The maximum absolute atomic E-state index is 5.38. The number of allylic oxidation sites excluding steroid dienone is 1. The van der Waals surface area contributed by atoms with E-state index in [1.54, 1.807) is 0 Å². The molecule has 0 unspecified atom stereocenters. The summed E-state index contributed by atoms with van der Waals surface area (Å²) in [6, 6.07) is 7.89. The van der Waals surface area contributed by atoms with Crippen molar-refractivity contribution in [3.63, 3.8) is 0 Å². The molecular weight excluding hydrogens is 252 g/mol. The maximum Gasteiger partial charge on any atom is 0.0633 e. The highest BCUT2D eigenvalue weighted by molar-refractivity contribution is 9.10. The van der Waals surface area contributed by atoms with E-state index in [4.69, 9.17) is 5.73 Å². The summed E-state index contributed by atoms with van der Waals surface area (Å²) in [5.41, 5.74) is 7.31. The highest BCUT2D eigenvalue weighted by Gasteiger charge is 2.01. The minimum Gasteiger partial charge on any atom is -0.405 e. The van der Waals surface area contributed by atoms with E-state index in [0.29, 0.717) is 5.92 Å². The summed E-state index contributed by atoms with van der Waals surface area (Å²) in [4.78, 5) is 4.52. The van der Waals surface area contributed by atoms with Crippen molar-refractivity contribution < 1.29 is 0 Å². The third-order valence-corrected chi connectivity index (χ3v) is 2.47. The summed E-state index contributed by atoms with van der Waals surface area (Å²) < 4.78 is 1.06. The molecule has 0 aliphatic rings. The quantitative estimate of drug-likeness (QED) is 0.834. The zero-order chi connectivity index (χ0) is 11.3. The van der Waals surface area contributed by atoms with Crippen LogP contribution < -0.4 is 5.73 Å². The van der Waals surface area contributed by atoms with E-state index in [0.717, 1.165) is 15.9 Å². The topological polar surface area (TPSA) is 38.4 Å². The fraction of sp³-hybridized carbons (Fsp3) is 0.250. The van der Waals surface area contributed by atoms with Crippen molar-refractivity contribution in [2.24, 2.45) is 16.6 Å². The number of hydrogen-bond donors (Lipinski definition) is 1. The molecule has 0 atom stereocenters. The predicted octanol–water partition coefficient (Wildman–Crippen LogP) is 3.65. The SMILES string of the molecule is CC(C)C(/C=C\N)=Nc1ccc(Br)cc1. The third kappa shape index (κ3) is 3.88. The number of rotatable bonds is 3. The molecule has 0 aliphatic heterocycles. The van der Waals surface area contributed by atoms with Crippen LogP contribution in [0, 0.1) is 5.92 Å². The van der Waals surface area contributed by atoms with E-state index in [1.807, 2.05) is 30.3 Å². The average molecular weight is 267 g/mol. The summed E-state index contributed by atoms with van der Waals surface area (Å²) in [7, 11) is 0. The molecule has 1 aromatic carbocycles. The summed E-state index contributed by atoms with van der Waals surface area (Å²) in [6.07, 6.45) is 3.37. The first-order valence-electron chi connectivity index (χ1n) is 4.86. The number of nitrogens with two attached hydrogens (primary N) is 1. The Kier molecular flexibility index (Phi) is 4.56. The molecule has 15 heavy (non-hydrogen) atoms. The summed E-state index contributed by atoms with van der Waals surface area (Å²) >= 11 is 3.39. The van der Waals surface area contributed by atoms with Crippen LogP contribution in [0.15, 0.2) is 46.0 Å². The zero-order valence-corrected chi connectivity index (χ0v) is 10.5. The zero-order valence-electron chi connectivity index (χ0n) is 8.94. The average Bonchev–Trinajstić information content (AvgIpc) is 2.20. The molecule has 80 valence electrons. The Hall–Kier alpha value is -1.09. The van der Waals surface area contributed by atoms with Crippen molar-refractivity contribution in [1.29, 1.82) is 0 Å². The second-order valence-electron chi connectivity index (χ2n) is 3.53. The molecule has 2 nitrogen and oxygen atoms in total. The number of halogens is 1. The van der Waals surface area contributed by atoms with Crippen molar-refractivity contribution in [3.8, 4) is 0 Å². The number of nitrogens with zero attached hydrogens (tertiary/aromatic N) is 1. The van der Waals surface area contributed by atoms with Gasteiger partial charge in [-0.3, -0.25) is 4.99 Å². The van der Waals surface area contributed by atoms with E-state index in [-0.39, 0.29) is 0 Å². The van der Waals surface area contributed by atoms with Crippen LogP contribution >= 0.6 is 15.9 Å². The number of benzene rings is 1. The number of hydrogen-bond acceptors (Lipinski definition) is 2. The smallest absolute Gasteiger partial charge is 0.0633 e. The van der Waals surface area contributed by atoms with Crippen LogP contribution in [0.5, 0.6) is 0 Å². The lowest BCUT2D eigenvalue weighted by atomic mass is 10.1. The van der Waals surface area contributed by atoms with Gasteiger partial charge in [-0.2, -0.15) is 0 Å². The van der Waals surface area contributed by atoms with Crippen LogP contribution in [0.1, 0.15) is 13.8 Å². The fourth-order valence-electron chi connectivity index (χ4n) is 1.12. The normalized spacial score (nSPS) is 12.7. The lowest BCUT2D eigenvalue weighted by Crippen LogP contribution is -2.04. The van der Waals surface area contributed by atoms with Gasteiger partial charge in [0, 0.05) is 10.2 Å². The number of aliphatic imine (C=N–C) groups is 1. The molecule has 1 aromatic rings. The van der Waals surface area contributed by atoms with Crippen LogP contribution in [-0.4, -0.2) is 5.71 Å². The molecule has 0 spiro atoms. The van der Waals surface area contributed by atoms with Gasteiger partial charge in [0.15, 0.2) is 0 Å². The molecule has 0 radical (unpaired) electrons. The largest absolute Gasteiger partial charge is 0.405 e. The lowest BCUT2D eigenvalue weighted by molar-refractivity contribution is 0.889. The highest BCUT2D eigenvalue weighted by Crippen LogP contribution is 2.18. The van der Waals surface area contributed by atoms with Gasteiger partial charge in [0.25, 0.3) is 0 Å². The van der Waals surface area contributed by atoms with Crippen molar-refractivity contribution >= 4 is 27.3 Å². The third-order valence-electron chi connectivity index (χ3n) is 1.94. The maximum atomic E-state index is 5.38. The van der Waals surface area contributed by atoms with Gasteiger partial charge in [0.2, 0.25) is 0 Å². The Morgan fingerprint density at radius 3 is 2.40 bits per heavy atom. The highest BCUT2D eigenvalue weighted by atomic mass is 79.9. The lowest BCUT2D eigenvalue weighted by Gasteiger charge is -2.05. The summed E-state index contributed by atoms with van der Waals surface area (Å²) in [5, 5.41) is 0. The van der Waals surface area contributed by atoms with Gasteiger partial charge in [-0.1, -0.05) is 29.8 Å². The monoisotopic (exact) mass is 266 g/mol. The Labute approximate surface area is 99.0 Å². The van der Waals surface area contributed by atoms with Crippen molar-refractivity contribution in [2.75, 3.05) is 0 Å². The minimum atomic E-state index is 0.369. The van der Waals surface area contributed by atoms with Crippen LogP contribution in [0.25, 0.3) is 0 Å². The second-order valence-corrected chi connectivity index (χ2v) is 4.44. The molecule has 0 saturated carbocycles. The molecule has 0 saturated heterocycles. The van der Waals surface area contributed by atoms with E-state index in [1.165, 1.54) is 6.20 Å².